The Bertz CT molecular complexity index is 992. The second kappa shape index (κ2) is 11.1. The molecule has 2 N–H and O–H groups in total. The van der Waals surface area contributed by atoms with Crippen LogP contribution in [-0.4, -0.2) is 60.1 Å². The maximum atomic E-state index is 12.3. The van der Waals surface area contributed by atoms with Gasteiger partial charge in [-0.2, -0.15) is 0 Å². The largest absolute Gasteiger partial charge is 0.507 e. The highest BCUT2D eigenvalue weighted by atomic mass is 16.5. The number of rotatable bonds is 9. The van der Waals surface area contributed by atoms with Gasteiger partial charge in [0, 0.05) is 44.0 Å². The molecular formula is C26H37N3O4. The number of anilines is 1. The molecule has 2 aromatic rings. The van der Waals surface area contributed by atoms with Gasteiger partial charge in [-0.25, -0.2) is 0 Å². The lowest BCUT2D eigenvalue weighted by Crippen LogP contribution is -2.27. The summed E-state index contributed by atoms with van der Waals surface area (Å²) in [6, 6.07) is 10.6. The van der Waals surface area contributed by atoms with Gasteiger partial charge in [-0.1, -0.05) is 32.0 Å². The van der Waals surface area contributed by atoms with E-state index in [1.54, 1.807) is 13.1 Å². The first-order chi connectivity index (χ1) is 15.6. The van der Waals surface area contributed by atoms with E-state index in [4.69, 9.17) is 4.74 Å². The Labute approximate surface area is 197 Å². The molecule has 0 saturated heterocycles. The number of phenolic OH excluding ortho intramolecular Hbond substituents is 1. The van der Waals surface area contributed by atoms with Crippen LogP contribution in [-0.2, 0) is 5.41 Å². The summed E-state index contributed by atoms with van der Waals surface area (Å²) in [7, 11) is 1.67. The molecule has 0 saturated carbocycles. The predicted molar refractivity (Wildman–Crippen MR) is 133 cm³/mol. The van der Waals surface area contributed by atoms with Gasteiger partial charge in [-0.15, -0.1) is 0 Å². The number of nitrogens with zero attached hydrogens (tertiary/aromatic N) is 3. The molecular weight excluding hydrogens is 418 g/mol. The lowest BCUT2D eigenvalue weighted by molar-refractivity contribution is 0.0799. The highest BCUT2D eigenvalue weighted by molar-refractivity contribution is 6.02. The van der Waals surface area contributed by atoms with Crippen molar-refractivity contribution in [3.8, 4) is 11.5 Å². The van der Waals surface area contributed by atoms with Crippen LogP contribution in [0.25, 0.3) is 0 Å². The molecule has 0 heterocycles. The first kappa shape index (κ1) is 26.0. The first-order valence-electron chi connectivity index (χ1n) is 11.4. The molecule has 0 unspecified atom stereocenters. The fourth-order valence-electron chi connectivity index (χ4n) is 3.61. The molecule has 180 valence electrons. The van der Waals surface area contributed by atoms with Gasteiger partial charge in [-0.05, 0) is 56.0 Å². The zero-order valence-corrected chi connectivity index (χ0v) is 20.8. The summed E-state index contributed by atoms with van der Waals surface area (Å²) < 4.78 is 5.78. The lowest BCUT2D eigenvalue weighted by Gasteiger charge is -2.30. The number of carbonyl (C=O) groups excluding carboxylic acids is 1. The van der Waals surface area contributed by atoms with E-state index in [1.165, 1.54) is 17.0 Å². The van der Waals surface area contributed by atoms with Gasteiger partial charge in [-0.3, -0.25) is 4.79 Å². The summed E-state index contributed by atoms with van der Waals surface area (Å²) in [4.78, 5) is 16.1. The third-order valence-corrected chi connectivity index (χ3v) is 5.76. The highest BCUT2D eigenvalue weighted by Crippen LogP contribution is 2.33. The van der Waals surface area contributed by atoms with Gasteiger partial charge < -0.3 is 24.9 Å². The number of ether oxygens (including phenoxy) is 1. The second-order valence-electron chi connectivity index (χ2n) is 8.99. The summed E-state index contributed by atoms with van der Waals surface area (Å²) in [6.45, 7) is 15.0. The maximum absolute atomic E-state index is 12.3. The fraction of sp³-hybridized carbons (Fsp3) is 0.462. The summed E-state index contributed by atoms with van der Waals surface area (Å²) in [5.74, 6) is -0.0406. The van der Waals surface area contributed by atoms with Gasteiger partial charge in [0.15, 0.2) is 0 Å². The SMILES string of the molecule is CCN(C)C(=O)c1ccc(OCC(=NO)c2ccc(N(CC)CC)c(C(C)(C)C)c2)cc1O. The molecule has 0 atom stereocenters. The summed E-state index contributed by atoms with van der Waals surface area (Å²) in [5.41, 5.74) is 3.57. The Balaban J connectivity index is 2.27. The van der Waals surface area contributed by atoms with Gasteiger partial charge in [0.05, 0.1) is 5.56 Å². The molecule has 0 radical (unpaired) electrons. The van der Waals surface area contributed by atoms with Crippen molar-refractivity contribution in [1.29, 1.82) is 0 Å². The minimum atomic E-state index is -0.262. The van der Waals surface area contributed by atoms with E-state index < -0.39 is 0 Å². The molecule has 0 bridgehead atoms. The van der Waals surface area contributed by atoms with Crippen molar-refractivity contribution in [3.63, 3.8) is 0 Å². The van der Waals surface area contributed by atoms with Crippen molar-refractivity contribution >= 4 is 17.3 Å². The van der Waals surface area contributed by atoms with Crippen LogP contribution < -0.4 is 9.64 Å². The van der Waals surface area contributed by atoms with Crippen LogP contribution >= 0.6 is 0 Å². The predicted octanol–water partition coefficient (Wildman–Crippen LogP) is 4.89. The lowest BCUT2D eigenvalue weighted by atomic mass is 9.84. The Hall–Kier alpha value is -3.22. The molecule has 1 amide bonds. The molecule has 7 heteroatoms. The van der Waals surface area contributed by atoms with Crippen LogP contribution in [0.5, 0.6) is 11.5 Å². The molecule has 0 aromatic heterocycles. The molecule has 33 heavy (non-hydrogen) atoms. The van der Waals surface area contributed by atoms with Gasteiger partial charge in [0.1, 0.15) is 23.8 Å². The molecule has 0 aliphatic rings. The molecule has 0 aliphatic carbocycles. The molecule has 7 nitrogen and oxygen atoms in total. The molecule has 0 spiro atoms. The summed E-state index contributed by atoms with van der Waals surface area (Å²) in [5, 5.41) is 23.4. The Kier molecular flexibility index (Phi) is 8.74. The Morgan fingerprint density at radius 2 is 1.70 bits per heavy atom. The molecule has 2 rings (SSSR count). The van der Waals surface area contributed by atoms with Gasteiger partial charge in [0.25, 0.3) is 5.91 Å². The summed E-state index contributed by atoms with van der Waals surface area (Å²) in [6.07, 6.45) is 0. The zero-order chi connectivity index (χ0) is 24.8. The van der Waals surface area contributed by atoms with E-state index in [0.717, 1.165) is 29.9 Å². The van der Waals surface area contributed by atoms with Crippen molar-refractivity contribution in [2.75, 3.05) is 38.2 Å². The van der Waals surface area contributed by atoms with Crippen LogP contribution in [0.1, 0.15) is 63.0 Å². The average molecular weight is 456 g/mol. The van der Waals surface area contributed by atoms with E-state index in [2.05, 4.69) is 50.7 Å². The smallest absolute Gasteiger partial charge is 0.257 e. The van der Waals surface area contributed by atoms with Crippen LogP contribution in [0.4, 0.5) is 5.69 Å². The number of hydrogen-bond acceptors (Lipinski definition) is 6. The number of hydrogen-bond donors (Lipinski definition) is 2. The topological polar surface area (TPSA) is 85.6 Å². The van der Waals surface area contributed by atoms with E-state index in [1.807, 2.05) is 19.1 Å². The Morgan fingerprint density at radius 1 is 1.03 bits per heavy atom. The van der Waals surface area contributed by atoms with Crippen LogP contribution in [0.3, 0.4) is 0 Å². The average Bonchev–Trinajstić information content (AvgIpc) is 2.79. The van der Waals surface area contributed by atoms with Crippen molar-refractivity contribution in [3.05, 3.63) is 53.1 Å². The Morgan fingerprint density at radius 3 is 2.21 bits per heavy atom. The monoisotopic (exact) mass is 455 g/mol. The minimum absolute atomic E-state index is 0.00625. The van der Waals surface area contributed by atoms with Gasteiger partial charge in [0.2, 0.25) is 0 Å². The van der Waals surface area contributed by atoms with Crippen LogP contribution in [0.2, 0.25) is 0 Å². The molecule has 2 aromatic carbocycles. The standard InChI is InChI=1S/C26H37N3O4/c1-8-28(7)25(31)20-13-12-19(16-24(20)30)33-17-22(27-32)18-11-14-23(29(9-2)10-3)21(15-18)26(4,5)6/h11-16,30,32H,8-10,17H2,1-7H3. The van der Waals surface area contributed by atoms with Crippen molar-refractivity contribution in [1.82, 2.24) is 4.90 Å². The second-order valence-corrected chi connectivity index (χ2v) is 8.99. The molecule has 0 aliphatic heterocycles. The van der Waals surface area contributed by atoms with Crippen LogP contribution in [0.15, 0.2) is 41.6 Å². The zero-order valence-electron chi connectivity index (χ0n) is 20.8. The van der Waals surface area contributed by atoms with Gasteiger partial charge >= 0.3 is 0 Å². The van der Waals surface area contributed by atoms with Crippen molar-refractivity contribution < 1.29 is 19.8 Å². The first-order valence-corrected chi connectivity index (χ1v) is 11.4. The minimum Gasteiger partial charge on any atom is -0.507 e. The number of carbonyl (C=O) groups is 1. The quantitative estimate of drug-likeness (QED) is 0.320. The third kappa shape index (κ3) is 6.18. The number of amides is 1. The van der Waals surface area contributed by atoms with E-state index in [9.17, 15) is 15.1 Å². The third-order valence-electron chi connectivity index (χ3n) is 5.76. The van der Waals surface area contributed by atoms with E-state index >= 15 is 0 Å². The number of oxime groups is 1. The normalized spacial score (nSPS) is 11.9. The summed E-state index contributed by atoms with van der Waals surface area (Å²) >= 11 is 0. The molecule has 0 fully saturated rings. The van der Waals surface area contributed by atoms with E-state index in [-0.39, 0.29) is 29.2 Å². The van der Waals surface area contributed by atoms with Crippen LogP contribution in [0, 0.1) is 0 Å². The highest BCUT2D eigenvalue weighted by Gasteiger charge is 2.22. The number of phenols is 1. The fourth-order valence-corrected chi connectivity index (χ4v) is 3.61. The van der Waals surface area contributed by atoms with Crippen molar-refractivity contribution in [2.24, 2.45) is 5.16 Å². The maximum Gasteiger partial charge on any atom is 0.257 e. The number of aromatic hydroxyl groups is 1. The number of benzene rings is 2. The van der Waals surface area contributed by atoms with Crippen molar-refractivity contribution in [2.45, 2.75) is 47.0 Å². The van der Waals surface area contributed by atoms with E-state index in [0.29, 0.717) is 18.0 Å².